The van der Waals surface area contributed by atoms with E-state index in [0.717, 1.165) is 32.4 Å². The number of rotatable bonds is 6. The van der Waals surface area contributed by atoms with Crippen LogP contribution in [0.3, 0.4) is 0 Å². The second kappa shape index (κ2) is 7.10. The van der Waals surface area contributed by atoms with Gasteiger partial charge in [0, 0.05) is 12.5 Å². The molecule has 3 heteroatoms. The monoisotopic (exact) mass is 172 g/mol. The van der Waals surface area contributed by atoms with Crippen LogP contribution in [0.2, 0.25) is 0 Å². The van der Waals surface area contributed by atoms with Crippen LogP contribution in [0.4, 0.5) is 0 Å². The van der Waals surface area contributed by atoms with Crippen LogP contribution in [0.25, 0.3) is 0 Å². The average molecular weight is 172 g/mol. The highest BCUT2D eigenvalue weighted by atomic mass is 16.1. The summed E-state index contributed by atoms with van der Waals surface area (Å²) >= 11 is 0. The molecule has 0 aromatic rings. The maximum absolute atomic E-state index is 11.0. The summed E-state index contributed by atoms with van der Waals surface area (Å²) < 4.78 is 0. The molecular formula is C9H20N2O. The first kappa shape index (κ1) is 11.4. The molecule has 3 N–H and O–H groups in total. The van der Waals surface area contributed by atoms with Crippen LogP contribution >= 0.6 is 0 Å². The molecule has 0 saturated carbocycles. The van der Waals surface area contributed by atoms with Gasteiger partial charge in [-0.25, -0.2) is 0 Å². The fourth-order valence-corrected chi connectivity index (χ4v) is 0.862. The Morgan fingerprint density at radius 3 is 2.50 bits per heavy atom. The summed E-state index contributed by atoms with van der Waals surface area (Å²) in [6, 6.07) is 0. The summed E-state index contributed by atoms with van der Waals surface area (Å²) in [4.78, 5) is 11.0. The zero-order chi connectivity index (χ0) is 9.40. The van der Waals surface area contributed by atoms with Crippen LogP contribution in [-0.2, 0) is 4.79 Å². The third kappa shape index (κ3) is 6.16. The standard InChI is InChI=1S/C9H20N2O/c1-8(2)9(12)11-7-5-3-4-6-10/h8H,3-7,10H2,1-2H3,(H,11,12). The number of nitrogens with two attached hydrogens (primary N) is 1. The van der Waals surface area contributed by atoms with Gasteiger partial charge in [0.2, 0.25) is 5.91 Å². The van der Waals surface area contributed by atoms with Crippen LogP contribution in [-0.4, -0.2) is 19.0 Å². The van der Waals surface area contributed by atoms with Crippen LogP contribution in [0.15, 0.2) is 0 Å². The lowest BCUT2D eigenvalue weighted by atomic mass is 10.2. The van der Waals surface area contributed by atoms with Crippen molar-refractivity contribution in [2.24, 2.45) is 11.7 Å². The average Bonchev–Trinajstić information content (AvgIpc) is 2.03. The van der Waals surface area contributed by atoms with E-state index in [9.17, 15) is 4.79 Å². The number of carbonyl (C=O) groups excluding carboxylic acids is 1. The highest BCUT2D eigenvalue weighted by molar-refractivity contribution is 5.77. The molecule has 0 atom stereocenters. The Morgan fingerprint density at radius 1 is 1.33 bits per heavy atom. The van der Waals surface area contributed by atoms with Crippen molar-refractivity contribution in [3.63, 3.8) is 0 Å². The van der Waals surface area contributed by atoms with Gasteiger partial charge in [-0.2, -0.15) is 0 Å². The van der Waals surface area contributed by atoms with E-state index in [2.05, 4.69) is 5.32 Å². The predicted octanol–water partition coefficient (Wildman–Crippen LogP) is 0.888. The third-order valence-electron chi connectivity index (χ3n) is 1.70. The lowest BCUT2D eigenvalue weighted by Crippen LogP contribution is -2.28. The molecule has 0 rings (SSSR count). The van der Waals surface area contributed by atoms with Gasteiger partial charge in [-0.05, 0) is 19.4 Å². The smallest absolute Gasteiger partial charge is 0.222 e. The Bertz CT molecular complexity index is 124. The van der Waals surface area contributed by atoms with E-state index in [1.54, 1.807) is 0 Å². The normalized spacial score (nSPS) is 10.3. The molecule has 0 heterocycles. The van der Waals surface area contributed by atoms with Crippen molar-refractivity contribution in [3.8, 4) is 0 Å². The minimum atomic E-state index is 0.0968. The summed E-state index contributed by atoms with van der Waals surface area (Å²) in [6.07, 6.45) is 3.20. The Labute approximate surface area is 74.7 Å². The summed E-state index contributed by atoms with van der Waals surface area (Å²) in [5.74, 6) is 0.238. The van der Waals surface area contributed by atoms with E-state index in [1.165, 1.54) is 0 Å². The van der Waals surface area contributed by atoms with Crippen LogP contribution in [0, 0.1) is 5.92 Å². The van der Waals surface area contributed by atoms with Gasteiger partial charge in [0.1, 0.15) is 0 Å². The van der Waals surface area contributed by atoms with Gasteiger partial charge < -0.3 is 11.1 Å². The van der Waals surface area contributed by atoms with Crippen molar-refractivity contribution in [2.45, 2.75) is 33.1 Å². The number of nitrogens with one attached hydrogen (secondary N) is 1. The molecule has 0 radical (unpaired) electrons. The van der Waals surface area contributed by atoms with E-state index in [0.29, 0.717) is 0 Å². The number of unbranched alkanes of at least 4 members (excludes halogenated alkanes) is 2. The molecule has 0 bridgehead atoms. The Morgan fingerprint density at radius 2 is 2.00 bits per heavy atom. The summed E-state index contributed by atoms with van der Waals surface area (Å²) in [7, 11) is 0. The fourth-order valence-electron chi connectivity index (χ4n) is 0.862. The molecule has 0 unspecified atom stereocenters. The van der Waals surface area contributed by atoms with Gasteiger partial charge in [0.15, 0.2) is 0 Å². The zero-order valence-electron chi connectivity index (χ0n) is 8.10. The maximum atomic E-state index is 11.0. The molecule has 3 nitrogen and oxygen atoms in total. The number of amides is 1. The fraction of sp³-hybridized carbons (Fsp3) is 0.889. The quantitative estimate of drug-likeness (QED) is 0.584. The van der Waals surface area contributed by atoms with E-state index in [4.69, 9.17) is 5.73 Å². The summed E-state index contributed by atoms with van der Waals surface area (Å²) in [6.45, 7) is 5.33. The molecule has 0 saturated heterocycles. The van der Waals surface area contributed by atoms with E-state index >= 15 is 0 Å². The second-order valence-electron chi connectivity index (χ2n) is 3.30. The van der Waals surface area contributed by atoms with Gasteiger partial charge in [-0.1, -0.05) is 20.3 Å². The summed E-state index contributed by atoms with van der Waals surface area (Å²) in [5.41, 5.74) is 5.33. The molecule has 0 aromatic carbocycles. The van der Waals surface area contributed by atoms with Crippen LogP contribution in [0.1, 0.15) is 33.1 Å². The Kier molecular flexibility index (Phi) is 6.76. The van der Waals surface area contributed by atoms with Crippen molar-refractivity contribution in [3.05, 3.63) is 0 Å². The largest absolute Gasteiger partial charge is 0.356 e. The second-order valence-corrected chi connectivity index (χ2v) is 3.30. The highest BCUT2D eigenvalue weighted by Crippen LogP contribution is 1.93. The first-order valence-corrected chi connectivity index (χ1v) is 4.66. The topological polar surface area (TPSA) is 55.1 Å². The van der Waals surface area contributed by atoms with Gasteiger partial charge in [-0.3, -0.25) is 4.79 Å². The van der Waals surface area contributed by atoms with Gasteiger partial charge in [0.05, 0.1) is 0 Å². The molecule has 0 fully saturated rings. The van der Waals surface area contributed by atoms with E-state index in [-0.39, 0.29) is 11.8 Å². The van der Waals surface area contributed by atoms with Crippen LogP contribution < -0.4 is 11.1 Å². The van der Waals surface area contributed by atoms with Gasteiger partial charge in [0.25, 0.3) is 0 Å². The lowest BCUT2D eigenvalue weighted by Gasteiger charge is -2.06. The minimum Gasteiger partial charge on any atom is -0.356 e. The van der Waals surface area contributed by atoms with Gasteiger partial charge in [-0.15, -0.1) is 0 Å². The van der Waals surface area contributed by atoms with E-state index < -0.39 is 0 Å². The molecule has 0 spiro atoms. The SMILES string of the molecule is CC(C)C(=O)NCCCCCN. The first-order valence-electron chi connectivity index (χ1n) is 4.66. The highest BCUT2D eigenvalue weighted by Gasteiger charge is 2.03. The molecule has 0 aromatic heterocycles. The van der Waals surface area contributed by atoms with E-state index in [1.807, 2.05) is 13.8 Å². The molecular weight excluding hydrogens is 152 g/mol. The molecule has 72 valence electrons. The molecule has 12 heavy (non-hydrogen) atoms. The Balaban J connectivity index is 3.14. The van der Waals surface area contributed by atoms with Crippen molar-refractivity contribution < 1.29 is 4.79 Å². The molecule has 0 aliphatic carbocycles. The Hall–Kier alpha value is -0.570. The lowest BCUT2D eigenvalue weighted by molar-refractivity contribution is -0.123. The first-order chi connectivity index (χ1) is 5.68. The summed E-state index contributed by atoms with van der Waals surface area (Å²) in [5, 5.41) is 2.86. The predicted molar refractivity (Wildman–Crippen MR) is 50.8 cm³/mol. The molecule has 1 amide bonds. The van der Waals surface area contributed by atoms with Crippen molar-refractivity contribution in [1.82, 2.24) is 5.32 Å². The van der Waals surface area contributed by atoms with Crippen LogP contribution in [0.5, 0.6) is 0 Å². The molecule has 0 aliphatic heterocycles. The third-order valence-corrected chi connectivity index (χ3v) is 1.70. The van der Waals surface area contributed by atoms with Crippen molar-refractivity contribution in [1.29, 1.82) is 0 Å². The minimum absolute atomic E-state index is 0.0968. The number of hydrogen-bond acceptors (Lipinski definition) is 2. The van der Waals surface area contributed by atoms with Crippen molar-refractivity contribution in [2.75, 3.05) is 13.1 Å². The molecule has 0 aliphatic rings. The number of hydrogen-bond donors (Lipinski definition) is 2. The number of carbonyl (C=O) groups is 1. The van der Waals surface area contributed by atoms with Gasteiger partial charge >= 0.3 is 0 Å². The van der Waals surface area contributed by atoms with Crippen molar-refractivity contribution >= 4 is 5.91 Å². The maximum Gasteiger partial charge on any atom is 0.222 e. The zero-order valence-corrected chi connectivity index (χ0v) is 8.10.